The number of nitrogens with two attached hydrogens (primary N) is 1. The number of aliphatic hydroxyl groups excluding tert-OH is 1. The maximum Gasteiger partial charge on any atom is 0.351 e. The highest BCUT2D eigenvalue weighted by Gasteiger charge is 2.40. The van der Waals surface area contributed by atoms with E-state index >= 15 is 0 Å². The Labute approximate surface area is 102 Å². The van der Waals surface area contributed by atoms with Gasteiger partial charge in [0.15, 0.2) is 0 Å². The van der Waals surface area contributed by atoms with Gasteiger partial charge < -0.3 is 20.8 Å². The minimum absolute atomic E-state index is 0.139. The number of aromatic nitrogens is 2. The summed E-state index contributed by atoms with van der Waals surface area (Å²) in [6.07, 6.45) is 2.99. The van der Waals surface area contributed by atoms with Crippen LogP contribution < -0.4 is 11.4 Å². The van der Waals surface area contributed by atoms with Crippen molar-refractivity contribution < 1.29 is 15.1 Å². The normalized spacial score (nSPS) is 27.9. The second-order valence-electron chi connectivity index (χ2n) is 4.12. The van der Waals surface area contributed by atoms with Crippen molar-refractivity contribution in [1.29, 1.82) is 0 Å². The molecule has 1 aliphatic heterocycles. The molecule has 1 aliphatic rings. The van der Waals surface area contributed by atoms with E-state index in [0.717, 1.165) is 6.21 Å². The number of aliphatic hydroxyl groups is 1. The zero-order valence-corrected chi connectivity index (χ0v) is 9.56. The van der Waals surface area contributed by atoms with E-state index in [0.29, 0.717) is 12.8 Å². The number of rotatable bonds is 3. The molecule has 0 aromatic carbocycles. The van der Waals surface area contributed by atoms with E-state index < -0.39 is 17.5 Å². The Morgan fingerprint density at radius 1 is 1.78 bits per heavy atom. The molecule has 0 radical (unpaired) electrons. The summed E-state index contributed by atoms with van der Waals surface area (Å²) in [7, 11) is 0. The number of hydrogen-bond acceptors (Lipinski definition) is 7. The summed E-state index contributed by atoms with van der Waals surface area (Å²) in [4.78, 5) is 15.2. The van der Waals surface area contributed by atoms with Crippen LogP contribution in [0.4, 0.5) is 5.82 Å². The van der Waals surface area contributed by atoms with Gasteiger partial charge >= 0.3 is 5.69 Å². The van der Waals surface area contributed by atoms with Crippen LogP contribution in [-0.2, 0) is 4.74 Å². The molecule has 0 spiro atoms. The Morgan fingerprint density at radius 2 is 2.56 bits per heavy atom. The maximum atomic E-state index is 11.6. The highest BCUT2D eigenvalue weighted by Crippen LogP contribution is 2.34. The van der Waals surface area contributed by atoms with E-state index in [1.54, 1.807) is 0 Å². The summed E-state index contributed by atoms with van der Waals surface area (Å²) in [6, 6.07) is 1.49. The summed E-state index contributed by atoms with van der Waals surface area (Å²) in [5, 5.41) is 20.7. The summed E-state index contributed by atoms with van der Waals surface area (Å²) in [6.45, 7) is -0.329. The molecule has 1 fully saturated rings. The molecule has 0 aliphatic carbocycles. The minimum atomic E-state index is -1.06. The molecule has 4 N–H and O–H groups in total. The van der Waals surface area contributed by atoms with Gasteiger partial charge in [0.25, 0.3) is 0 Å². The van der Waals surface area contributed by atoms with E-state index in [1.165, 1.54) is 16.8 Å². The highest BCUT2D eigenvalue weighted by atomic mass is 16.5. The average Bonchev–Trinajstić information content (AvgIpc) is 2.74. The van der Waals surface area contributed by atoms with E-state index in [2.05, 4.69) is 10.1 Å². The summed E-state index contributed by atoms with van der Waals surface area (Å²) >= 11 is 0. The third-order valence-corrected chi connectivity index (χ3v) is 2.91. The molecular formula is C10H14N4O4. The predicted molar refractivity (Wildman–Crippen MR) is 62.4 cm³/mol. The number of hydrogen-bond donors (Lipinski definition) is 3. The van der Waals surface area contributed by atoms with Crippen LogP contribution in [0.1, 0.15) is 19.1 Å². The molecule has 98 valence electrons. The predicted octanol–water partition coefficient (Wildman–Crippen LogP) is -0.674. The molecule has 1 aromatic rings. The van der Waals surface area contributed by atoms with Crippen LogP contribution in [-0.4, -0.2) is 38.3 Å². The number of oxime groups is 1. The van der Waals surface area contributed by atoms with E-state index in [1.807, 2.05) is 0 Å². The average molecular weight is 254 g/mol. The van der Waals surface area contributed by atoms with Gasteiger partial charge in [0, 0.05) is 6.20 Å². The molecule has 18 heavy (non-hydrogen) atoms. The Bertz CT molecular complexity index is 515. The van der Waals surface area contributed by atoms with Crippen LogP contribution in [0.15, 0.2) is 22.2 Å². The molecule has 1 aromatic heterocycles. The lowest BCUT2D eigenvalue weighted by molar-refractivity contribution is -0.0570. The van der Waals surface area contributed by atoms with Crippen molar-refractivity contribution in [1.82, 2.24) is 9.55 Å². The maximum absolute atomic E-state index is 11.6. The third-order valence-electron chi connectivity index (χ3n) is 2.91. The molecule has 8 nitrogen and oxygen atoms in total. The van der Waals surface area contributed by atoms with Gasteiger partial charge in [-0.3, -0.25) is 4.57 Å². The molecule has 2 atom stereocenters. The van der Waals surface area contributed by atoms with Crippen molar-refractivity contribution in [3.8, 4) is 0 Å². The number of anilines is 1. The molecule has 2 rings (SSSR count). The van der Waals surface area contributed by atoms with E-state index in [4.69, 9.17) is 15.7 Å². The first-order valence-corrected chi connectivity index (χ1v) is 5.42. The monoisotopic (exact) mass is 254 g/mol. The molecule has 0 amide bonds. The third kappa shape index (κ3) is 2.20. The fourth-order valence-corrected chi connectivity index (χ4v) is 1.95. The number of nitrogen functional groups attached to an aromatic ring is 1. The molecule has 0 bridgehead atoms. The smallest absolute Gasteiger partial charge is 0.351 e. The fourth-order valence-electron chi connectivity index (χ4n) is 1.95. The standard InChI is InChI=1S/C10H14N4O4/c11-7-2-4-14(9(16)13-7)8-1-3-10(6-15,18-8)5-12-17/h2,4-5,8,15,17H,1,3,6H2,(H2,11,13,16)/b12-5-/t8-,10-/m1/s1. The fraction of sp³-hybridized carbons (Fsp3) is 0.500. The molecule has 8 heteroatoms. The van der Waals surface area contributed by atoms with Crippen LogP contribution in [0.3, 0.4) is 0 Å². The first-order valence-electron chi connectivity index (χ1n) is 5.42. The van der Waals surface area contributed by atoms with Crippen LogP contribution in [0.25, 0.3) is 0 Å². The zero-order chi connectivity index (χ0) is 13.2. The van der Waals surface area contributed by atoms with Gasteiger partial charge in [0.05, 0.1) is 12.8 Å². The van der Waals surface area contributed by atoms with Crippen molar-refractivity contribution in [2.45, 2.75) is 24.7 Å². The van der Waals surface area contributed by atoms with Crippen molar-refractivity contribution in [3.05, 3.63) is 22.7 Å². The lowest BCUT2D eigenvalue weighted by Crippen LogP contribution is -2.36. The highest BCUT2D eigenvalue weighted by molar-refractivity contribution is 5.68. The molecular weight excluding hydrogens is 240 g/mol. The Morgan fingerprint density at radius 3 is 3.17 bits per heavy atom. The summed E-state index contributed by atoms with van der Waals surface area (Å²) in [5.74, 6) is 0.139. The van der Waals surface area contributed by atoms with Gasteiger partial charge in [-0.25, -0.2) is 4.79 Å². The Balaban J connectivity index is 2.25. The van der Waals surface area contributed by atoms with Crippen LogP contribution in [0.5, 0.6) is 0 Å². The van der Waals surface area contributed by atoms with Gasteiger partial charge in [0.2, 0.25) is 0 Å². The second-order valence-corrected chi connectivity index (χ2v) is 4.12. The van der Waals surface area contributed by atoms with E-state index in [9.17, 15) is 9.90 Å². The number of ether oxygens (including phenoxy) is 1. The van der Waals surface area contributed by atoms with Crippen molar-refractivity contribution >= 4 is 12.0 Å². The van der Waals surface area contributed by atoms with E-state index in [-0.39, 0.29) is 12.4 Å². The minimum Gasteiger partial charge on any atom is -0.411 e. The van der Waals surface area contributed by atoms with Crippen LogP contribution >= 0.6 is 0 Å². The first-order chi connectivity index (χ1) is 8.60. The van der Waals surface area contributed by atoms with Gasteiger partial charge in [-0.05, 0) is 18.9 Å². The van der Waals surface area contributed by atoms with Gasteiger partial charge in [-0.2, -0.15) is 4.98 Å². The van der Waals surface area contributed by atoms with Gasteiger partial charge in [0.1, 0.15) is 17.6 Å². The first kappa shape index (κ1) is 12.5. The molecule has 1 saturated heterocycles. The lowest BCUT2D eigenvalue weighted by Gasteiger charge is -2.22. The SMILES string of the molecule is Nc1ccn([C@H]2CC[C@@](/C=N\O)(CO)O2)c(=O)n1. The Kier molecular flexibility index (Phi) is 3.30. The van der Waals surface area contributed by atoms with Gasteiger partial charge in [-0.15, -0.1) is 0 Å². The zero-order valence-electron chi connectivity index (χ0n) is 9.56. The lowest BCUT2D eigenvalue weighted by atomic mass is 10.0. The van der Waals surface area contributed by atoms with Crippen molar-refractivity contribution in [3.63, 3.8) is 0 Å². The van der Waals surface area contributed by atoms with Crippen molar-refractivity contribution in [2.24, 2.45) is 5.16 Å². The van der Waals surface area contributed by atoms with Crippen LogP contribution in [0.2, 0.25) is 0 Å². The summed E-state index contributed by atoms with van der Waals surface area (Å²) < 4.78 is 6.86. The second kappa shape index (κ2) is 4.75. The number of nitrogens with zero attached hydrogens (tertiary/aromatic N) is 3. The quantitative estimate of drug-likeness (QED) is 0.373. The van der Waals surface area contributed by atoms with Gasteiger partial charge in [-0.1, -0.05) is 5.16 Å². The molecule has 0 unspecified atom stereocenters. The largest absolute Gasteiger partial charge is 0.411 e. The topological polar surface area (TPSA) is 123 Å². The van der Waals surface area contributed by atoms with Crippen molar-refractivity contribution in [2.75, 3.05) is 12.3 Å². The Hall–Kier alpha value is -1.93. The van der Waals surface area contributed by atoms with Crippen LogP contribution in [0, 0.1) is 0 Å². The molecule has 0 saturated carbocycles. The molecule has 2 heterocycles. The summed E-state index contributed by atoms with van der Waals surface area (Å²) in [5.41, 5.74) is 3.82.